The topological polar surface area (TPSA) is 64.1 Å². The average molecular weight is 304 g/mol. The minimum absolute atomic E-state index is 0.147. The predicted molar refractivity (Wildman–Crippen MR) is 79.3 cm³/mol. The lowest BCUT2D eigenvalue weighted by molar-refractivity contribution is 0.155. The molecule has 0 fully saturated rings. The van der Waals surface area contributed by atoms with Gasteiger partial charge in [-0.15, -0.1) is 0 Å². The second kappa shape index (κ2) is 6.10. The van der Waals surface area contributed by atoms with E-state index in [1.807, 2.05) is 30.3 Å². The Kier molecular flexibility index (Phi) is 4.01. The number of hydrogen-bond donors (Lipinski definition) is 1. The van der Waals surface area contributed by atoms with E-state index in [9.17, 15) is 4.79 Å². The van der Waals surface area contributed by atoms with E-state index in [2.05, 4.69) is 15.3 Å². The first kappa shape index (κ1) is 13.8. The Balaban J connectivity index is 1.65. The number of aromatic nitrogens is 2. The number of hydrogen-bond acceptors (Lipinski definition) is 4. The number of rotatable bonds is 3. The lowest BCUT2D eigenvalue weighted by atomic mass is 10.2. The molecule has 5 nitrogen and oxygen atoms in total. The summed E-state index contributed by atoms with van der Waals surface area (Å²) < 4.78 is 5.18. The molecular weight excluding hydrogens is 290 g/mol. The second-order valence-corrected chi connectivity index (χ2v) is 5.14. The lowest BCUT2D eigenvalue weighted by Gasteiger charge is -2.10. The van der Waals surface area contributed by atoms with Crippen LogP contribution in [0.3, 0.4) is 0 Å². The molecule has 1 aliphatic rings. The molecule has 21 heavy (non-hydrogen) atoms. The fraction of sp³-hybridized carbons (Fsp3) is 0.267. The van der Waals surface area contributed by atoms with Gasteiger partial charge in [0.1, 0.15) is 12.4 Å². The predicted octanol–water partition coefficient (Wildman–Crippen LogP) is 3.37. The molecule has 2 aromatic rings. The summed E-state index contributed by atoms with van der Waals surface area (Å²) >= 11 is 5.87. The smallest absolute Gasteiger partial charge is 0.413 e. The molecule has 0 atom stereocenters. The zero-order valence-electron chi connectivity index (χ0n) is 11.3. The van der Waals surface area contributed by atoms with Crippen LogP contribution in [0.2, 0.25) is 5.28 Å². The van der Waals surface area contributed by atoms with Crippen LogP contribution in [0.4, 0.5) is 10.6 Å². The first-order valence-electron chi connectivity index (χ1n) is 6.75. The van der Waals surface area contributed by atoms with Gasteiger partial charge in [-0.3, -0.25) is 5.32 Å². The van der Waals surface area contributed by atoms with Gasteiger partial charge in [-0.05, 0) is 36.4 Å². The van der Waals surface area contributed by atoms with Crippen LogP contribution in [0.5, 0.6) is 0 Å². The Labute approximate surface area is 127 Å². The summed E-state index contributed by atoms with van der Waals surface area (Å²) in [6, 6.07) is 9.50. The zero-order valence-corrected chi connectivity index (χ0v) is 12.1. The Morgan fingerprint density at radius 2 is 2.05 bits per heavy atom. The molecule has 0 radical (unpaired) electrons. The Morgan fingerprint density at radius 3 is 2.86 bits per heavy atom. The fourth-order valence-electron chi connectivity index (χ4n) is 2.36. The molecule has 1 aliphatic carbocycles. The van der Waals surface area contributed by atoms with Crippen LogP contribution < -0.4 is 5.32 Å². The van der Waals surface area contributed by atoms with Gasteiger partial charge in [0.25, 0.3) is 0 Å². The van der Waals surface area contributed by atoms with Crippen LogP contribution in [-0.4, -0.2) is 16.1 Å². The molecule has 6 heteroatoms. The maximum absolute atomic E-state index is 11.9. The third-order valence-electron chi connectivity index (χ3n) is 3.34. The van der Waals surface area contributed by atoms with Gasteiger partial charge < -0.3 is 4.74 Å². The van der Waals surface area contributed by atoms with Crippen LogP contribution in [0.15, 0.2) is 30.3 Å². The van der Waals surface area contributed by atoms with E-state index in [1.54, 1.807) is 0 Å². The number of benzene rings is 1. The van der Waals surface area contributed by atoms with Gasteiger partial charge in [0.15, 0.2) is 0 Å². The highest BCUT2D eigenvalue weighted by molar-refractivity contribution is 6.28. The molecule has 1 aromatic heterocycles. The van der Waals surface area contributed by atoms with Crippen molar-refractivity contribution >= 4 is 23.5 Å². The number of carbonyl (C=O) groups excluding carboxylic acids is 1. The van der Waals surface area contributed by atoms with Gasteiger partial charge in [-0.25, -0.2) is 9.78 Å². The molecule has 0 saturated carbocycles. The Morgan fingerprint density at radius 1 is 1.24 bits per heavy atom. The fourth-order valence-corrected chi connectivity index (χ4v) is 2.55. The van der Waals surface area contributed by atoms with Gasteiger partial charge >= 0.3 is 6.09 Å². The van der Waals surface area contributed by atoms with Crippen molar-refractivity contribution < 1.29 is 9.53 Å². The van der Waals surface area contributed by atoms with Crippen molar-refractivity contribution in [2.75, 3.05) is 5.32 Å². The van der Waals surface area contributed by atoms with Gasteiger partial charge in [-0.1, -0.05) is 30.3 Å². The molecule has 1 heterocycles. The van der Waals surface area contributed by atoms with Crippen LogP contribution >= 0.6 is 11.6 Å². The van der Waals surface area contributed by atoms with Crippen molar-refractivity contribution in [3.63, 3.8) is 0 Å². The molecule has 0 unspecified atom stereocenters. The molecule has 3 rings (SSSR count). The second-order valence-electron chi connectivity index (χ2n) is 4.81. The zero-order chi connectivity index (χ0) is 14.7. The SMILES string of the molecule is O=C(Nc1nc(Cl)nc2c1CCC2)OCc1ccccc1. The van der Waals surface area contributed by atoms with E-state index in [1.165, 1.54) is 0 Å². The van der Waals surface area contributed by atoms with Gasteiger partial charge in [0.2, 0.25) is 5.28 Å². The Bertz CT molecular complexity index is 661. The average Bonchev–Trinajstić information content (AvgIpc) is 2.94. The van der Waals surface area contributed by atoms with E-state index in [4.69, 9.17) is 16.3 Å². The number of ether oxygens (including phenoxy) is 1. The number of halogens is 1. The van der Waals surface area contributed by atoms with Gasteiger partial charge in [0.05, 0.1) is 5.69 Å². The summed E-state index contributed by atoms with van der Waals surface area (Å²) in [6.07, 6.45) is 2.17. The highest BCUT2D eigenvalue weighted by atomic mass is 35.5. The summed E-state index contributed by atoms with van der Waals surface area (Å²) in [4.78, 5) is 20.1. The monoisotopic (exact) mass is 303 g/mol. The maximum Gasteiger partial charge on any atom is 0.413 e. The van der Waals surface area contributed by atoms with E-state index >= 15 is 0 Å². The number of amides is 1. The van der Waals surface area contributed by atoms with E-state index < -0.39 is 6.09 Å². The van der Waals surface area contributed by atoms with E-state index in [-0.39, 0.29) is 11.9 Å². The molecule has 108 valence electrons. The highest BCUT2D eigenvalue weighted by Gasteiger charge is 2.20. The first-order chi connectivity index (χ1) is 10.2. The number of carbonyl (C=O) groups is 1. The van der Waals surface area contributed by atoms with E-state index in [0.29, 0.717) is 5.82 Å². The first-order valence-corrected chi connectivity index (χ1v) is 7.13. The number of anilines is 1. The molecule has 0 bridgehead atoms. The standard InChI is InChI=1S/C15H14ClN3O2/c16-14-17-12-8-4-7-11(12)13(18-14)19-15(20)21-9-10-5-2-1-3-6-10/h1-3,5-6H,4,7-9H2,(H,17,18,19,20). The summed E-state index contributed by atoms with van der Waals surface area (Å²) in [5, 5.41) is 2.80. The maximum atomic E-state index is 11.9. The molecular formula is C15H14ClN3O2. The van der Waals surface area contributed by atoms with E-state index in [0.717, 1.165) is 36.1 Å². The number of nitrogens with one attached hydrogen (secondary N) is 1. The van der Waals surface area contributed by atoms with Crippen molar-refractivity contribution in [3.05, 3.63) is 52.4 Å². The molecule has 1 aromatic carbocycles. The molecule has 1 N–H and O–H groups in total. The van der Waals surface area contributed by atoms with Crippen molar-refractivity contribution in [3.8, 4) is 0 Å². The van der Waals surface area contributed by atoms with Crippen LogP contribution in [0.1, 0.15) is 23.2 Å². The molecule has 0 saturated heterocycles. The molecule has 0 aliphatic heterocycles. The summed E-state index contributed by atoms with van der Waals surface area (Å²) in [5.74, 6) is 0.459. The summed E-state index contributed by atoms with van der Waals surface area (Å²) in [5.41, 5.74) is 2.79. The minimum atomic E-state index is -0.539. The normalized spacial score (nSPS) is 12.8. The number of nitrogens with zero attached hydrogens (tertiary/aromatic N) is 2. The van der Waals surface area contributed by atoms with Crippen molar-refractivity contribution in [1.82, 2.24) is 9.97 Å². The van der Waals surface area contributed by atoms with Gasteiger partial charge in [0, 0.05) is 5.56 Å². The van der Waals surface area contributed by atoms with Crippen LogP contribution in [0, 0.1) is 0 Å². The molecule has 0 spiro atoms. The molecule has 1 amide bonds. The van der Waals surface area contributed by atoms with Crippen LogP contribution in [0.25, 0.3) is 0 Å². The summed E-state index contributed by atoms with van der Waals surface area (Å²) in [6.45, 7) is 0.216. The van der Waals surface area contributed by atoms with Crippen LogP contribution in [-0.2, 0) is 24.2 Å². The third kappa shape index (κ3) is 3.31. The summed E-state index contributed by atoms with van der Waals surface area (Å²) in [7, 11) is 0. The Hall–Kier alpha value is -2.14. The number of fused-ring (bicyclic) bond motifs is 1. The minimum Gasteiger partial charge on any atom is -0.444 e. The lowest BCUT2D eigenvalue weighted by Crippen LogP contribution is -2.16. The largest absolute Gasteiger partial charge is 0.444 e. The van der Waals surface area contributed by atoms with Crippen molar-refractivity contribution in [2.24, 2.45) is 0 Å². The quantitative estimate of drug-likeness (QED) is 0.883. The number of aryl methyl sites for hydroxylation is 1. The highest BCUT2D eigenvalue weighted by Crippen LogP contribution is 2.27. The van der Waals surface area contributed by atoms with Gasteiger partial charge in [-0.2, -0.15) is 4.98 Å². The van der Waals surface area contributed by atoms with Crippen molar-refractivity contribution in [1.29, 1.82) is 0 Å². The third-order valence-corrected chi connectivity index (χ3v) is 3.51. The van der Waals surface area contributed by atoms with Crippen molar-refractivity contribution in [2.45, 2.75) is 25.9 Å².